The van der Waals surface area contributed by atoms with E-state index in [4.69, 9.17) is 4.74 Å². The molecule has 1 aliphatic rings. The van der Waals surface area contributed by atoms with Crippen molar-refractivity contribution in [1.29, 1.82) is 0 Å². The topological polar surface area (TPSA) is 46.6 Å². The van der Waals surface area contributed by atoms with Crippen molar-refractivity contribution < 1.29 is 14.3 Å². The lowest BCUT2D eigenvalue weighted by Crippen LogP contribution is -2.30. The molecule has 1 aliphatic carbocycles. The summed E-state index contributed by atoms with van der Waals surface area (Å²) in [7, 11) is 1.72. The number of carbonyl (C=O) groups is 2. The number of thiophene rings is 1. The molecule has 0 N–H and O–H groups in total. The Morgan fingerprint density at radius 3 is 2.71 bits per heavy atom. The number of hydrogen-bond donors (Lipinski definition) is 0. The minimum Gasteiger partial charge on any atom is -0.452 e. The van der Waals surface area contributed by atoms with Crippen LogP contribution in [-0.2, 0) is 28.9 Å². The second-order valence-corrected chi connectivity index (χ2v) is 7.13. The van der Waals surface area contributed by atoms with E-state index in [9.17, 15) is 9.59 Å². The minimum atomic E-state index is -0.429. The highest BCUT2D eigenvalue weighted by atomic mass is 32.1. The fourth-order valence-corrected chi connectivity index (χ4v) is 3.66. The smallest absolute Gasteiger partial charge is 0.338 e. The zero-order chi connectivity index (χ0) is 16.9. The van der Waals surface area contributed by atoms with Gasteiger partial charge in [-0.1, -0.05) is 12.1 Å². The van der Waals surface area contributed by atoms with Crippen molar-refractivity contribution in [2.45, 2.75) is 32.2 Å². The van der Waals surface area contributed by atoms with Crippen molar-refractivity contribution >= 4 is 23.2 Å². The van der Waals surface area contributed by atoms with Crippen LogP contribution >= 0.6 is 11.3 Å². The minimum absolute atomic E-state index is 0.199. The van der Waals surface area contributed by atoms with Crippen LogP contribution in [0.3, 0.4) is 0 Å². The quantitative estimate of drug-likeness (QED) is 0.781. The molecule has 0 unspecified atom stereocenters. The SMILES string of the molecule is CN(Cc1cccs1)C(=O)COC(=O)c1ccc2c(c1)CCCC2. The fraction of sp³-hybridized carbons (Fsp3) is 0.368. The third-order valence-electron chi connectivity index (χ3n) is 4.31. The van der Waals surface area contributed by atoms with Gasteiger partial charge in [-0.3, -0.25) is 4.79 Å². The lowest BCUT2D eigenvalue weighted by Gasteiger charge is -2.17. The molecular weight excluding hydrogens is 322 g/mol. The van der Waals surface area contributed by atoms with Gasteiger partial charge >= 0.3 is 5.97 Å². The number of rotatable bonds is 5. The molecule has 2 aromatic rings. The molecule has 0 fully saturated rings. The van der Waals surface area contributed by atoms with Crippen LogP contribution < -0.4 is 0 Å². The molecule has 1 heterocycles. The zero-order valence-electron chi connectivity index (χ0n) is 13.8. The highest BCUT2D eigenvalue weighted by Crippen LogP contribution is 2.22. The van der Waals surface area contributed by atoms with Crippen LogP contribution in [0.1, 0.15) is 39.2 Å². The second-order valence-electron chi connectivity index (χ2n) is 6.10. The maximum Gasteiger partial charge on any atom is 0.338 e. The predicted octanol–water partition coefficient (Wildman–Crippen LogP) is 3.44. The van der Waals surface area contributed by atoms with Gasteiger partial charge < -0.3 is 9.64 Å². The first-order valence-electron chi connectivity index (χ1n) is 8.19. The first-order valence-corrected chi connectivity index (χ1v) is 9.07. The first kappa shape index (κ1) is 16.7. The number of nitrogens with zero attached hydrogens (tertiary/aromatic N) is 1. The summed E-state index contributed by atoms with van der Waals surface area (Å²) in [5, 5.41) is 1.98. The van der Waals surface area contributed by atoms with Gasteiger partial charge in [0.1, 0.15) is 0 Å². The van der Waals surface area contributed by atoms with Crippen molar-refractivity contribution in [1.82, 2.24) is 4.90 Å². The van der Waals surface area contributed by atoms with Gasteiger partial charge in [-0.05, 0) is 60.4 Å². The van der Waals surface area contributed by atoms with Crippen molar-refractivity contribution in [3.05, 3.63) is 57.3 Å². The summed E-state index contributed by atoms with van der Waals surface area (Å²) in [6.45, 7) is 0.310. The van der Waals surface area contributed by atoms with E-state index in [-0.39, 0.29) is 12.5 Å². The second kappa shape index (κ2) is 7.62. The molecular formula is C19H21NO3S. The molecule has 0 atom stereocenters. The predicted molar refractivity (Wildman–Crippen MR) is 94.2 cm³/mol. The zero-order valence-corrected chi connectivity index (χ0v) is 14.6. The lowest BCUT2D eigenvalue weighted by molar-refractivity contribution is -0.133. The third kappa shape index (κ3) is 4.03. The van der Waals surface area contributed by atoms with Crippen LogP contribution in [0.25, 0.3) is 0 Å². The Balaban J connectivity index is 1.54. The number of benzene rings is 1. The molecule has 24 heavy (non-hydrogen) atoms. The van der Waals surface area contributed by atoms with Crippen LogP contribution in [0, 0.1) is 0 Å². The average molecular weight is 343 g/mol. The maximum absolute atomic E-state index is 12.2. The lowest BCUT2D eigenvalue weighted by atomic mass is 9.90. The van der Waals surface area contributed by atoms with E-state index >= 15 is 0 Å². The number of fused-ring (bicyclic) bond motifs is 1. The van der Waals surface area contributed by atoms with Crippen molar-refractivity contribution in [3.63, 3.8) is 0 Å². The van der Waals surface area contributed by atoms with Gasteiger partial charge in [-0.25, -0.2) is 4.79 Å². The van der Waals surface area contributed by atoms with Gasteiger partial charge in [-0.2, -0.15) is 0 Å². The van der Waals surface area contributed by atoms with E-state index in [1.807, 2.05) is 29.6 Å². The summed E-state index contributed by atoms with van der Waals surface area (Å²) in [5.41, 5.74) is 3.09. The van der Waals surface area contributed by atoms with Crippen LogP contribution in [0.4, 0.5) is 0 Å². The van der Waals surface area contributed by atoms with Gasteiger partial charge in [-0.15, -0.1) is 11.3 Å². The summed E-state index contributed by atoms with van der Waals surface area (Å²) in [4.78, 5) is 27.0. The normalized spacial score (nSPS) is 13.2. The molecule has 1 amide bonds. The first-order chi connectivity index (χ1) is 11.6. The molecule has 0 saturated heterocycles. The number of hydrogen-bond acceptors (Lipinski definition) is 4. The summed E-state index contributed by atoms with van der Waals surface area (Å²) in [6.07, 6.45) is 4.47. The third-order valence-corrected chi connectivity index (χ3v) is 5.17. The van der Waals surface area contributed by atoms with Crippen LogP contribution in [0.2, 0.25) is 0 Å². The standard InChI is InChI=1S/C19H21NO3S/c1-20(12-17-7-4-10-24-17)18(21)13-23-19(22)16-9-8-14-5-2-3-6-15(14)11-16/h4,7-11H,2-3,5-6,12-13H2,1H3. The Labute approximate surface area is 146 Å². The average Bonchev–Trinajstić information content (AvgIpc) is 3.11. The molecule has 5 heteroatoms. The number of carbonyl (C=O) groups excluding carboxylic acids is 2. The number of ether oxygens (including phenoxy) is 1. The Morgan fingerprint density at radius 1 is 1.17 bits per heavy atom. The molecule has 4 nitrogen and oxygen atoms in total. The number of esters is 1. The van der Waals surface area contributed by atoms with Crippen molar-refractivity contribution in [2.75, 3.05) is 13.7 Å². The van der Waals surface area contributed by atoms with Gasteiger partial charge in [0.05, 0.1) is 12.1 Å². The number of aryl methyl sites for hydroxylation is 2. The molecule has 3 rings (SSSR count). The van der Waals surface area contributed by atoms with E-state index in [0.29, 0.717) is 12.1 Å². The molecule has 0 aliphatic heterocycles. The van der Waals surface area contributed by atoms with Gasteiger partial charge in [0.25, 0.3) is 5.91 Å². The number of amides is 1. The van der Waals surface area contributed by atoms with E-state index in [0.717, 1.165) is 24.1 Å². The molecule has 0 radical (unpaired) electrons. The van der Waals surface area contributed by atoms with Crippen LogP contribution in [0.5, 0.6) is 0 Å². The summed E-state index contributed by atoms with van der Waals surface area (Å²) >= 11 is 1.60. The van der Waals surface area contributed by atoms with E-state index in [1.54, 1.807) is 29.4 Å². The van der Waals surface area contributed by atoms with Gasteiger partial charge in [0, 0.05) is 11.9 Å². The van der Waals surface area contributed by atoms with E-state index in [2.05, 4.69) is 0 Å². The summed E-state index contributed by atoms with van der Waals surface area (Å²) in [5.74, 6) is -0.629. The highest BCUT2D eigenvalue weighted by Gasteiger charge is 2.16. The van der Waals surface area contributed by atoms with Crippen LogP contribution in [0.15, 0.2) is 35.7 Å². The summed E-state index contributed by atoms with van der Waals surface area (Å²) < 4.78 is 5.19. The largest absolute Gasteiger partial charge is 0.452 e. The number of likely N-dealkylation sites (N-methyl/N-ethyl adjacent to an activating group) is 1. The Hall–Kier alpha value is -2.14. The van der Waals surface area contributed by atoms with Gasteiger partial charge in [0.15, 0.2) is 6.61 Å². The van der Waals surface area contributed by atoms with Crippen molar-refractivity contribution in [2.24, 2.45) is 0 Å². The molecule has 0 bridgehead atoms. The molecule has 1 aromatic heterocycles. The molecule has 0 spiro atoms. The maximum atomic E-state index is 12.2. The fourth-order valence-electron chi connectivity index (χ4n) is 2.91. The summed E-state index contributed by atoms with van der Waals surface area (Å²) in [6, 6.07) is 9.65. The van der Waals surface area contributed by atoms with Crippen LogP contribution in [-0.4, -0.2) is 30.4 Å². The Bertz CT molecular complexity index is 724. The molecule has 0 saturated carbocycles. The van der Waals surface area contributed by atoms with Crippen molar-refractivity contribution in [3.8, 4) is 0 Å². The van der Waals surface area contributed by atoms with E-state index in [1.165, 1.54) is 17.5 Å². The van der Waals surface area contributed by atoms with Gasteiger partial charge in [0.2, 0.25) is 0 Å². The molecule has 126 valence electrons. The monoisotopic (exact) mass is 343 g/mol. The highest BCUT2D eigenvalue weighted by molar-refractivity contribution is 7.09. The Kier molecular flexibility index (Phi) is 5.30. The van der Waals surface area contributed by atoms with E-state index < -0.39 is 5.97 Å². The Morgan fingerprint density at radius 2 is 1.96 bits per heavy atom. The molecule has 1 aromatic carbocycles.